The predicted octanol–water partition coefficient (Wildman–Crippen LogP) is 4.18. The lowest BCUT2D eigenvalue weighted by atomic mass is 10.1. The molecule has 0 bridgehead atoms. The lowest BCUT2D eigenvalue weighted by molar-refractivity contribution is 0.263. The highest BCUT2D eigenvalue weighted by Gasteiger charge is 1.96. The molecule has 0 heterocycles. The molecule has 1 N–H and O–H groups in total. The number of halogens is 1. The Balaban J connectivity index is 2.85. The molecule has 1 atom stereocenters. The fourth-order valence-electron chi connectivity index (χ4n) is 1.49. The van der Waals surface area contributed by atoms with E-state index < -0.39 is 0 Å². The SMILES string of the molecule is OC(I)CCCCCCCCCCS. The molecule has 1 unspecified atom stereocenters. The van der Waals surface area contributed by atoms with Crippen LogP contribution in [0.5, 0.6) is 0 Å². The zero-order chi connectivity index (χ0) is 10.6. The monoisotopic (exact) mass is 330 g/mol. The minimum Gasteiger partial charge on any atom is -0.383 e. The van der Waals surface area contributed by atoms with Gasteiger partial charge in [0.15, 0.2) is 0 Å². The summed E-state index contributed by atoms with van der Waals surface area (Å²) in [6.07, 6.45) is 11.5. The smallest absolute Gasteiger partial charge is 0.105 e. The van der Waals surface area contributed by atoms with Crippen LogP contribution in [-0.4, -0.2) is 15.0 Å². The fourth-order valence-corrected chi connectivity index (χ4v) is 2.15. The quantitative estimate of drug-likeness (QED) is 0.266. The molecule has 0 aliphatic heterocycles. The van der Waals surface area contributed by atoms with Crippen LogP contribution < -0.4 is 0 Å². The molecule has 0 aliphatic rings. The van der Waals surface area contributed by atoms with E-state index in [4.69, 9.17) is 5.11 Å². The number of aliphatic hydroxyl groups excluding tert-OH is 1. The third kappa shape index (κ3) is 13.0. The Hall–Kier alpha value is 1.04. The summed E-state index contributed by atoms with van der Waals surface area (Å²) < 4.78 is -0.136. The van der Waals surface area contributed by atoms with Crippen molar-refractivity contribution in [3.8, 4) is 0 Å². The van der Waals surface area contributed by atoms with Gasteiger partial charge < -0.3 is 5.11 Å². The summed E-state index contributed by atoms with van der Waals surface area (Å²) >= 11 is 6.26. The van der Waals surface area contributed by atoms with Crippen LogP contribution in [-0.2, 0) is 0 Å². The summed E-state index contributed by atoms with van der Waals surface area (Å²) in [7, 11) is 0. The average Bonchev–Trinajstić information content (AvgIpc) is 2.15. The van der Waals surface area contributed by atoms with E-state index in [2.05, 4.69) is 35.2 Å². The summed E-state index contributed by atoms with van der Waals surface area (Å²) in [6.45, 7) is 0. The first-order valence-corrected chi connectivity index (χ1v) is 7.58. The van der Waals surface area contributed by atoms with Gasteiger partial charge in [0.1, 0.15) is 4.11 Å². The Morgan fingerprint density at radius 3 is 1.71 bits per heavy atom. The van der Waals surface area contributed by atoms with Gasteiger partial charge in [-0.05, 0) is 18.6 Å². The van der Waals surface area contributed by atoms with Crippen molar-refractivity contribution < 1.29 is 5.11 Å². The van der Waals surface area contributed by atoms with Gasteiger partial charge in [-0.25, -0.2) is 0 Å². The lowest BCUT2D eigenvalue weighted by Crippen LogP contribution is -1.93. The second-order valence-corrected chi connectivity index (χ2v) is 5.66. The molecule has 0 aliphatic carbocycles. The molecule has 0 saturated heterocycles. The Morgan fingerprint density at radius 1 is 0.857 bits per heavy atom. The van der Waals surface area contributed by atoms with Gasteiger partial charge in [-0.3, -0.25) is 0 Å². The standard InChI is InChI=1S/C11H23IOS/c12-11(13)9-7-5-3-1-2-4-6-8-10-14/h11,13-14H,1-10H2. The molecule has 0 aromatic heterocycles. The first kappa shape index (κ1) is 15.0. The molecule has 0 aromatic carbocycles. The average molecular weight is 330 g/mol. The van der Waals surface area contributed by atoms with E-state index in [1.807, 2.05) is 0 Å². The maximum absolute atomic E-state index is 9.03. The molecule has 1 nitrogen and oxygen atoms in total. The summed E-state index contributed by atoms with van der Waals surface area (Å²) in [4.78, 5) is 0. The highest BCUT2D eigenvalue weighted by molar-refractivity contribution is 14.1. The topological polar surface area (TPSA) is 20.2 Å². The maximum Gasteiger partial charge on any atom is 0.105 e. The Labute approximate surface area is 108 Å². The van der Waals surface area contributed by atoms with E-state index in [1.165, 1.54) is 51.4 Å². The molecule has 0 saturated carbocycles. The highest BCUT2D eigenvalue weighted by atomic mass is 127. The van der Waals surface area contributed by atoms with Gasteiger partial charge in [0.2, 0.25) is 0 Å². The molecular formula is C11H23IOS. The largest absolute Gasteiger partial charge is 0.383 e. The van der Waals surface area contributed by atoms with Gasteiger partial charge in [0.25, 0.3) is 0 Å². The fraction of sp³-hybridized carbons (Fsp3) is 1.00. The summed E-state index contributed by atoms with van der Waals surface area (Å²) in [5.41, 5.74) is 0. The van der Waals surface area contributed by atoms with Gasteiger partial charge >= 0.3 is 0 Å². The van der Waals surface area contributed by atoms with Crippen LogP contribution >= 0.6 is 35.2 Å². The van der Waals surface area contributed by atoms with E-state index in [0.717, 1.165) is 12.2 Å². The molecule has 0 amide bonds. The van der Waals surface area contributed by atoms with Crippen molar-refractivity contribution in [2.24, 2.45) is 0 Å². The zero-order valence-corrected chi connectivity index (χ0v) is 12.0. The van der Waals surface area contributed by atoms with Crippen molar-refractivity contribution in [2.45, 2.75) is 61.9 Å². The second-order valence-electron chi connectivity index (χ2n) is 3.78. The molecule has 0 aromatic rings. The van der Waals surface area contributed by atoms with Crippen LogP contribution in [0.1, 0.15) is 57.8 Å². The van der Waals surface area contributed by atoms with E-state index >= 15 is 0 Å². The zero-order valence-electron chi connectivity index (χ0n) is 8.92. The van der Waals surface area contributed by atoms with Crippen LogP contribution in [0.3, 0.4) is 0 Å². The van der Waals surface area contributed by atoms with Gasteiger partial charge in [0, 0.05) is 0 Å². The van der Waals surface area contributed by atoms with Crippen LogP contribution in [0.25, 0.3) is 0 Å². The van der Waals surface area contributed by atoms with Gasteiger partial charge in [0.05, 0.1) is 0 Å². The molecule has 0 radical (unpaired) electrons. The van der Waals surface area contributed by atoms with Gasteiger partial charge in [-0.15, -0.1) is 0 Å². The molecule has 0 spiro atoms. The van der Waals surface area contributed by atoms with Crippen molar-refractivity contribution >= 4 is 35.2 Å². The van der Waals surface area contributed by atoms with Crippen molar-refractivity contribution in [1.29, 1.82) is 0 Å². The van der Waals surface area contributed by atoms with Crippen LogP contribution in [0, 0.1) is 0 Å². The summed E-state index contributed by atoms with van der Waals surface area (Å²) in [5.74, 6) is 1.04. The van der Waals surface area contributed by atoms with Crippen molar-refractivity contribution in [3.63, 3.8) is 0 Å². The summed E-state index contributed by atoms with van der Waals surface area (Å²) in [6, 6.07) is 0. The number of hydrogen-bond acceptors (Lipinski definition) is 2. The van der Waals surface area contributed by atoms with Crippen molar-refractivity contribution in [2.75, 3.05) is 5.75 Å². The van der Waals surface area contributed by atoms with Gasteiger partial charge in [-0.2, -0.15) is 12.6 Å². The highest BCUT2D eigenvalue weighted by Crippen LogP contribution is 2.12. The second kappa shape index (κ2) is 12.1. The number of unbranched alkanes of at least 4 members (excludes halogenated alkanes) is 7. The summed E-state index contributed by atoms with van der Waals surface area (Å²) in [5, 5.41) is 9.03. The van der Waals surface area contributed by atoms with Crippen LogP contribution in [0.4, 0.5) is 0 Å². The minimum absolute atomic E-state index is 0.136. The first-order valence-electron chi connectivity index (χ1n) is 5.70. The van der Waals surface area contributed by atoms with E-state index in [1.54, 1.807) is 0 Å². The number of hydrogen-bond donors (Lipinski definition) is 2. The number of aliphatic hydroxyl groups is 1. The molecule has 0 rings (SSSR count). The predicted molar refractivity (Wildman–Crippen MR) is 75.4 cm³/mol. The van der Waals surface area contributed by atoms with Gasteiger partial charge in [-0.1, -0.05) is 67.5 Å². The molecule has 3 heteroatoms. The third-order valence-corrected chi connectivity index (χ3v) is 3.29. The van der Waals surface area contributed by atoms with Crippen LogP contribution in [0.2, 0.25) is 0 Å². The Bertz CT molecular complexity index is 109. The Morgan fingerprint density at radius 2 is 1.29 bits per heavy atom. The molecule has 0 fully saturated rings. The number of alkyl halides is 1. The molecule has 14 heavy (non-hydrogen) atoms. The molecular weight excluding hydrogens is 307 g/mol. The van der Waals surface area contributed by atoms with Crippen molar-refractivity contribution in [3.05, 3.63) is 0 Å². The van der Waals surface area contributed by atoms with E-state index in [-0.39, 0.29) is 4.11 Å². The maximum atomic E-state index is 9.03. The third-order valence-electron chi connectivity index (χ3n) is 2.35. The van der Waals surface area contributed by atoms with E-state index in [9.17, 15) is 0 Å². The number of rotatable bonds is 10. The van der Waals surface area contributed by atoms with E-state index in [0.29, 0.717) is 0 Å². The lowest BCUT2D eigenvalue weighted by Gasteiger charge is -2.02. The normalized spacial score (nSPS) is 13.1. The molecule has 86 valence electrons. The number of thiol groups is 1. The van der Waals surface area contributed by atoms with Crippen molar-refractivity contribution in [1.82, 2.24) is 0 Å². The minimum atomic E-state index is -0.136. The first-order chi connectivity index (χ1) is 6.77. The Kier molecular flexibility index (Phi) is 13.0. The van der Waals surface area contributed by atoms with Crippen LogP contribution in [0.15, 0.2) is 0 Å².